The summed E-state index contributed by atoms with van der Waals surface area (Å²) in [6.45, 7) is 2.56. The number of halogens is 5. The molecule has 2 N–H and O–H groups in total. The lowest BCUT2D eigenvalue weighted by molar-refractivity contribution is -0.154. The molecule has 0 saturated carbocycles. The molecule has 0 aliphatic rings. The number of alkyl halides is 3. The van der Waals surface area contributed by atoms with Crippen LogP contribution in [0.15, 0.2) is 23.0 Å². The zero-order chi connectivity index (χ0) is 26.1. The Morgan fingerprint density at radius 2 is 1.97 bits per heavy atom. The second kappa shape index (κ2) is 10.0. The van der Waals surface area contributed by atoms with Crippen LogP contribution in [0.1, 0.15) is 34.2 Å². The summed E-state index contributed by atoms with van der Waals surface area (Å²) in [7, 11) is 0. The van der Waals surface area contributed by atoms with Crippen LogP contribution in [0.4, 0.5) is 23.2 Å². The Balaban J connectivity index is 2.13. The number of hydrogen-bond donors (Lipinski definition) is 2. The van der Waals surface area contributed by atoms with Gasteiger partial charge in [0, 0.05) is 6.54 Å². The first-order valence-corrected chi connectivity index (χ1v) is 10.5. The predicted molar refractivity (Wildman–Crippen MR) is 118 cm³/mol. The Morgan fingerprint density at radius 3 is 2.54 bits per heavy atom. The van der Waals surface area contributed by atoms with E-state index in [-0.39, 0.29) is 23.1 Å². The van der Waals surface area contributed by atoms with E-state index >= 15 is 4.39 Å². The van der Waals surface area contributed by atoms with E-state index in [0.717, 1.165) is 10.1 Å². The number of amides is 1. The fourth-order valence-corrected chi connectivity index (χ4v) is 3.41. The first-order valence-electron chi connectivity index (χ1n) is 10.1. The van der Waals surface area contributed by atoms with Crippen LogP contribution in [-0.2, 0) is 13.2 Å². The molecule has 2 heterocycles. The molecule has 0 radical (unpaired) electrons. The molecular weight excluding hydrogens is 498 g/mol. The highest BCUT2D eigenvalue weighted by atomic mass is 35.5. The van der Waals surface area contributed by atoms with E-state index in [4.69, 9.17) is 16.3 Å². The number of ether oxygens (including phenoxy) is 1. The minimum atomic E-state index is -4.80. The van der Waals surface area contributed by atoms with E-state index in [1.165, 1.54) is 6.07 Å². The van der Waals surface area contributed by atoms with Crippen LogP contribution < -0.4 is 15.7 Å². The zero-order valence-electron chi connectivity index (χ0n) is 18.7. The lowest BCUT2D eigenvalue weighted by Gasteiger charge is -2.16. The van der Waals surface area contributed by atoms with E-state index in [1.807, 2.05) is 0 Å². The topological polar surface area (TPSA) is 111 Å². The molecular formula is C21H20ClF4N5O4. The smallest absolute Gasteiger partial charge is 0.422 e. The van der Waals surface area contributed by atoms with Crippen LogP contribution >= 0.6 is 11.6 Å². The van der Waals surface area contributed by atoms with Crippen LogP contribution in [0, 0.1) is 19.7 Å². The third-order valence-corrected chi connectivity index (χ3v) is 5.38. The van der Waals surface area contributed by atoms with Gasteiger partial charge in [-0.25, -0.2) is 9.18 Å². The highest BCUT2D eigenvalue weighted by molar-refractivity contribution is 6.34. The maximum absolute atomic E-state index is 15.0. The molecule has 0 unspecified atom stereocenters. The average Bonchev–Trinajstić information content (AvgIpc) is 3.12. The first-order chi connectivity index (χ1) is 16.4. The van der Waals surface area contributed by atoms with Crippen molar-refractivity contribution in [1.29, 1.82) is 0 Å². The van der Waals surface area contributed by atoms with Crippen molar-refractivity contribution >= 4 is 23.2 Å². The summed E-state index contributed by atoms with van der Waals surface area (Å²) in [6.07, 6.45) is -4.80. The molecule has 3 aromatic rings. The van der Waals surface area contributed by atoms with Crippen molar-refractivity contribution in [3.05, 3.63) is 62.0 Å². The highest BCUT2D eigenvalue weighted by Gasteiger charge is 2.31. The van der Waals surface area contributed by atoms with Crippen molar-refractivity contribution in [3.8, 4) is 11.7 Å². The first kappa shape index (κ1) is 26.2. The Kier molecular flexibility index (Phi) is 7.50. The Morgan fingerprint density at radius 1 is 1.29 bits per heavy atom. The third-order valence-electron chi connectivity index (χ3n) is 5.06. The molecule has 1 aromatic carbocycles. The number of pyridine rings is 1. The van der Waals surface area contributed by atoms with Gasteiger partial charge in [0.25, 0.3) is 5.91 Å². The number of rotatable bonds is 7. The molecule has 0 fully saturated rings. The summed E-state index contributed by atoms with van der Waals surface area (Å²) in [6, 6.07) is 3.80. The molecule has 2 aromatic heterocycles. The Bertz CT molecular complexity index is 1340. The molecule has 9 nitrogen and oxygen atoms in total. The van der Waals surface area contributed by atoms with Gasteiger partial charge in [-0.15, -0.1) is 5.10 Å². The van der Waals surface area contributed by atoms with Gasteiger partial charge in [0.15, 0.2) is 24.1 Å². The molecule has 0 bridgehead atoms. The minimum absolute atomic E-state index is 0.0743. The standard InChI is InChI=1S/C21H20ClF4N5O4/c1-4-30-15(8-32)29-31(20(30)34)17-14(23)7-12(19(28-17)35-9-21(24,25)26)18(33)27-16-11(3)10(2)5-6-13(16)22/h5-7,32H,4,8-9H2,1-3H3,(H,27,33). The van der Waals surface area contributed by atoms with Crippen molar-refractivity contribution in [2.75, 3.05) is 11.9 Å². The Labute approximate surface area is 200 Å². The second-order valence-electron chi connectivity index (χ2n) is 7.38. The monoisotopic (exact) mass is 517 g/mol. The number of aliphatic hydroxyl groups is 1. The second-order valence-corrected chi connectivity index (χ2v) is 7.79. The maximum atomic E-state index is 15.0. The zero-order valence-corrected chi connectivity index (χ0v) is 19.5. The van der Waals surface area contributed by atoms with Crippen molar-refractivity contribution in [1.82, 2.24) is 19.3 Å². The van der Waals surface area contributed by atoms with Gasteiger partial charge in [-0.3, -0.25) is 9.36 Å². The van der Waals surface area contributed by atoms with E-state index in [0.29, 0.717) is 16.3 Å². The van der Waals surface area contributed by atoms with Gasteiger partial charge in [-0.05, 0) is 44.0 Å². The number of carbonyl (C=O) groups is 1. The molecule has 0 saturated heterocycles. The number of aliphatic hydroxyl groups excluding tert-OH is 1. The quantitative estimate of drug-likeness (QED) is 0.464. The number of benzene rings is 1. The summed E-state index contributed by atoms with van der Waals surface area (Å²) in [5, 5.41) is 15.8. The van der Waals surface area contributed by atoms with E-state index in [9.17, 15) is 27.9 Å². The highest BCUT2D eigenvalue weighted by Crippen LogP contribution is 2.30. The number of aryl methyl sites for hydroxylation is 1. The molecule has 3 rings (SSSR count). The lowest BCUT2D eigenvalue weighted by atomic mass is 10.1. The summed E-state index contributed by atoms with van der Waals surface area (Å²) < 4.78 is 59.7. The summed E-state index contributed by atoms with van der Waals surface area (Å²) in [5.74, 6) is -4.11. The van der Waals surface area contributed by atoms with Crippen LogP contribution in [0.25, 0.3) is 5.82 Å². The van der Waals surface area contributed by atoms with Gasteiger partial charge in [-0.2, -0.15) is 22.8 Å². The van der Waals surface area contributed by atoms with E-state index in [2.05, 4.69) is 15.4 Å². The molecule has 35 heavy (non-hydrogen) atoms. The van der Waals surface area contributed by atoms with Gasteiger partial charge in [0.1, 0.15) is 12.2 Å². The summed E-state index contributed by atoms with van der Waals surface area (Å²) in [5.41, 5.74) is -0.0411. The number of aromatic nitrogens is 4. The van der Waals surface area contributed by atoms with Crippen molar-refractivity contribution in [2.45, 2.75) is 40.1 Å². The minimum Gasteiger partial charge on any atom is -0.467 e. The van der Waals surface area contributed by atoms with Gasteiger partial charge in [0.05, 0.1) is 10.7 Å². The molecule has 14 heteroatoms. The fourth-order valence-electron chi connectivity index (χ4n) is 3.16. The molecule has 0 aliphatic carbocycles. The summed E-state index contributed by atoms with van der Waals surface area (Å²) in [4.78, 5) is 29.2. The normalized spacial score (nSPS) is 11.6. The maximum Gasteiger partial charge on any atom is 0.422 e. The van der Waals surface area contributed by atoms with E-state index in [1.54, 1.807) is 26.8 Å². The molecule has 0 atom stereocenters. The van der Waals surface area contributed by atoms with Crippen molar-refractivity contribution in [3.63, 3.8) is 0 Å². The Hall–Kier alpha value is -3.45. The fraction of sp³-hybridized carbons (Fsp3) is 0.333. The molecule has 1 amide bonds. The number of anilines is 1. The SMILES string of the molecule is CCn1c(CO)nn(-c2nc(OCC(F)(F)F)c(C(=O)Nc3c(Cl)ccc(C)c3C)cc2F)c1=O. The van der Waals surface area contributed by atoms with Crippen LogP contribution in [0.3, 0.4) is 0 Å². The van der Waals surface area contributed by atoms with Gasteiger partial charge in [0.2, 0.25) is 5.88 Å². The number of carbonyl (C=O) groups excluding carboxylic acids is 1. The number of hydrogen-bond acceptors (Lipinski definition) is 6. The summed E-state index contributed by atoms with van der Waals surface area (Å²) >= 11 is 6.14. The largest absolute Gasteiger partial charge is 0.467 e. The van der Waals surface area contributed by atoms with Crippen LogP contribution in [0.5, 0.6) is 5.88 Å². The third kappa shape index (κ3) is 5.46. The van der Waals surface area contributed by atoms with Crippen molar-refractivity contribution in [2.24, 2.45) is 0 Å². The molecule has 0 spiro atoms. The lowest BCUT2D eigenvalue weighted by Crippen LogP contribution is -2.27. The molecule has 0 aliphatic heterocycles. The average molecular weight is 518 g/mol. The molecule has 188 valence electrons. The van der Waals surface area contributed by atoms with E-state index < -0.39 is 54.1 Å². The van der Waals surface area contributed by atoms with Crippen LogP contribution in [-0.4, -0.2) is 43.1 Å². The number of nitrogens with one attached hydrogen (secondary N) is 1. The van der Waals surface area contributed by atoms with Crippen molar-refractivity contribution < 1.29 is 32.2 Å². The van der Waals surface area contributed by atoms with Crippen LogP contribution in [0.2, 0.25) is 5.02 Å². The van der Waals surface area contributed by atoms with Gasteiger partial charge in [-0.1, -0.05) is 17.7 Å². The van der Waals surface area contributed by atoms with Gasteiger partial charge < -0.3 is 15.2 Å². The van der Waals surface area contributed by atoms with Gasteiger partial charge >= 0.3 is 11.9 Å². The predicted octanol–water partition coefficient (Wildman–Crippen LogP) is 3.54. The number of nitrogens with zero attached hydrogens (tertiary/aromatic N) is 4.